The van der Waals surface area contributed by atoms with E-state index in [9.17, 15) is 4.79 Å². The number of hydrogen-bond acceptors (Lipinski definition) is 2. The Labute approximate surface area is 103 Å². The fourth-order valence-corrected chi connectivity index (χ4v) is 3.16. The maximum atomic E-state index is 12.2. The first kappa shape index (κ1) is 11.3. The van der Waals surface area contributed by atoms with Crippen LogP contribution in [0.3, 0.4) is 0 Å². The zero-order valence-corrected chi connectivity index (χ0v) is 10.4. The lowest BCUT2D eigenvalue weighted by molar-refractivity contribution is -0.0717. The highest BCUT2D eigenvalue weighted by Gasteiger charge is 2.37. The van der Waals surface area contributed by atoms with Crippen LogP contribution < -0.4 is 5.32 Å². The summed E-state index contributed by atoms with van der Waals surface area (Å²) in [4.78, 5) is 14.2. The van der Waals surface area contributed by atoms with E-state index in [-0.39, 0.29) is 6.03 Å². The van der Waals surface area contributed by atoms with E-state index in [0.29, 0.717) is 24.8 Å². The van der Waals surface area contributed by atoms with E-state index in [1.165, 1.54) is 19.3 Å². The Balaban J connectivity index is 1.61. The summed E-state index contributed by atoms with van der Waals surface area (Å²) in [7, 11) is 0. The van der Waals surface area contributed by atoms with E-state index in [1.807, 2.05) is 4.90 Å². The molecule has 2 saturated carbocycles. The summed E-state index contributed by atoms with van der Waals surface area (Å²) in [6.07, 6.45) is 8.59. The molecule has 0 bridgehead atoms. The van der Waals surface area contributed by atoms with E-state index in [1.54, 1.807) is 0 Å². The molecule has 17 heavy (non-hydrogen) atoms. The van der Waals surface area contributed by atoms with Gasteiger partial charge in [0.25, 0.3) is 0 Å². The fraction of sp³-hybridized carbons (Fsp3) is 0.923. The van der Waals surface area contributed by atoms with Gasteiger partial charge in [0.05, 0.1) is 18.8 Å². The first-order valence-electron chi connectivity index (χ1n) is 7.03. The van der Waals surface area contributed by atoms with Crippen molar-refractivity contribution < 1.29 is 9.53 Å². The van der Waals surface area contributed by atoms with Gasteiger partial charge in [-0.2, -0.15) is 0 Å². The first-order valence-corrected chi connectivity index (χ1v) is 7.03. The zero-order valence-electron chi connectivity index (χ0n) is 10.4. The Bertz CT molecular complexity index is 289. The predicted molar refractivity (Wildman–Crippen MR) is 64.9 cm³/mol. The van der Waals surface area contributed by atoms with Gasteiger partial charge in [0.1, 0.15) is 0 Å². The van der Waals surface area contributed by atoms with Crippen molar-refractivity contribution in [2.45, 2.75) is 63.1 Å². The molecule has 0 spiro atoms. The van der Waals surface area contributed by atoms with E-state index in [4.69, 9.17) is 4.74 Å². The molecule has 4 heteroatoms. The quantitative estimate of drug-likeness (QED) is 0.758. The summed E-state index contributed by atoms with van der Waals surface area (Å²) >= 11 is 0. The number of nitrogens with zero attached hydrogens (tertiary/aromatic N) is 1. The standard InChI is InChI=1S/C13H22N2O2/c16-13(14-10-4-3-5-10)15-8-9-17-12-7-2-1-6-11(12)15/h10-12H,1-9H2,(H,14,16). The maximum Gasteiger partial charge on any atom is 0.318 e. The minimum atomic E-state index is 0.148. The summed E-state index contributed by atoms with van der Waals surface area (Å²) in [5.41, 5.74) is 0. The van der Waals surface area contributed by atoms with E-state index in [2.05, 4.69) is 5.32 Å². The number of nitrogens with one attached hydrogen (secondary N) is 1. The lowest BCUT2D eigenvalue weighted by atomic mass is 9.90. The van der Waals surface area contributed by atoms with Crippen LogP contribution in [0.5, 0.6) is 0 Å². The lowest BCUT2D eigenvalue weighted by Crippen LogP contribution is -2.59. The van der Waals surface area contributed by atoms with Gasteiger partial charge in [0.2, 0.25) is 0 Å². The molecular weight excluding hydrogens is 216 g/mol. The van der Waals surface area contributed by atoms with Crippen LogP contribution in [-0.2, 0) is 4.74 Å². The van der Waals surface area contributed by atoms with Gasteiger partial charge in [-0.3, -0.25) is 0 Å². The van der Waals surface area contributed by atoms with Crippen molar-refractivity contribution in [3.8, 4) is 0 Å². The highest BCUT2D eigenvalue weighted by Crippen LogP contribution is 2.28. The van der Waals surface area contributed by atoms with Crippen LogP contribution in [0.4, 0.5) is 4.79 Å². The SMILES string of the molecule is O=C(NC1CCC1)N1CCOC2CCCCC21. The molecule has 2 atom stereocenters. The number of fused-ring (bicyclic) bond motifs is 1. The average Bonchev–Trinajstić information content (AvgIpc) is 2.33. The number of amides is 2. The molecule has 2 aliphatic carbocycles. The van der Waals surface area contributed by atoms with E-state index >= 15 is 0 Å². The third kappa shape index (κ3) is 2.28. The molecule has 2 unspecified atom stereocenters. The van der Waals surface area contributed by atoms with Gasteiger partial charge >= 0.3 is 6.03 Å². The Morgan fingerprint density at radius 3 is 2.71 bits per heavy atom. The van der Waals surface area contributed by atoms with Crippen molar-refractivity contribution in [2.75, 3.05) is 13.2 Å². The molecular formula is C13H22N2O2. The topological polar surface area (TPSA) is 41.6 Å². The Kier molecular flexibility index (Phi) is 3.23. The third-order valence-corrected chi connectivity index (χ3v) is 4.43. The largest absolute Gasteiger partial charge is 0.374 e. The molecule has 3 fully saturated rings. The van der Waals surface area contributed by atoms with Crippen molar-refractivity contribution in [2.24, 2.45) is 0 Å². The van der Waals surface area contributed by atoms with Crippen LogP contribution in [0.2, 0.25) is 0 Å². The van der Waals surface area contributed by atoms with Crippen LogP contribution in [-0.4, -0.2) is 42.3 Å². The van der Waals surface area contributed by atoms with E-state index in [0.717, 1.165) is 32.2 Å². The minimum Gasteiger partial charge on any atom is -0.374 e. The molecule has 2 amide bonds. The van der Waals surface area contributed by atoms with Crippen LogP contribution in [0.15, 0.2) is 0 Å². The molecule has 1 aliphatic heterocycles. The highest BCUT2D eigenvalue weighted by atomic mass is 16.5. The molecule has 1 heterocycles. The van der Waals surface area contributed by atoms with Crippen molar-refractivity contribution >= 4 is 6.03 Å². The maximum absolute atomic E-state index is 12.2. The van der Waals surface area contributed by atoms with Crippen LogP contribution >= 0.6 is 0 Å². The van der Waals surface area contributed by atoms with Crippen molar-refractivity contribution in [1.29, 1.82) is 0 Å². The number of carbonyl (C=O) groups excluding carboxylic acids is 1. The smallest absolute Gasteiger partial charge is 0.318 e. The number of rotatable bonds is 1. The predicted octanol–water partition coefficient (Wildman–Crippen LogP) is 1.89. The number of urea groups is 1. The molecule has 0 aromatic carbocycles. The van der Waals surface area contributed by atoms with Gasteiger partial charge in [-0.05, 0) is 32.1 Å². The third-order valence-electron chi connectivity index (χ3n) is 4.43. The van der Waals surface area contributed by atoms with Gasteiger partial charge in [0, 0.05) is 12.6 Å². The van der Waals surface area contributed by atoms with Crippen molar-refractivity contribution in [3.63, 3.8) is 0 Å². The fourth-order valence-electron chi connectivity index (χ4n) is 3.16. The van der Waals surface area contributed by atoms with Gasteiger partial charge in [-0.15, -0.1) is 0 Å². The summed E-state index contributed by atoms with van der Waals surface area (Å²) < 4.78 is 5.79. The van der Waals surface area contributed by atoms with Crippen LogP contribution in [0.25, 0.3) is 0 Å². The van der Waals surface area contributed by atoms with E-state index < -0.39 is 0 Å². The highest BCUT2D eigenvalue weighted by molar-refractivity contribution is 5.75. The molecule has 1 N–H and O–H groups in total. The van der Waals surface area contributed by atoms with Crippen LogP contribution in [0, 0.1) is 0 Å². The summed E-state index contributed by atoms with van der Waals surface area (Å²) in [6, 6.07) is 0.917. The summed E-state index contributed by atoms with van der Waals surface area (Å²) in [5, 5.41) is 3.15. The minimum absolute atomic E-state index is 0.148. The molecule has 0 aromatic heterocycles. The average molecular weight is 238 g/mol. The second-order valence-electron chi connectivity index (χ2n) is 5.53. The second kappa shape index (κ2) is 4.84. The molecule has 0 radical (unpaired) electrons. The monoisotopic (exact) mass is 238 g/mol. The van der Waals surface area contributed by atoms with Gasteiger partial charge in [0.15, 0.2) is 0 Å². The molecule has 1 saturated heterocycles. The van der Waals surface area contributed by atoms with Crippen molar-refractivity contribution in [1.82, 2.24) is 10.2 Å². The molecule has 3 aliphatic rings. The molecule has 4 nitrogen and oxygen atoms in total. The Morgan fingerprint density at radius 2 is 1.94 bits per heavy atom. The van der Waals surface area contributed by atoms with Crippen molar-refractivity contribution in [3.05, 3.63) is 0 Å². The molecule has 0 aromatic rings. The normalized spacial score (nSPS) is 33.8. The Morgan fingerprint density at radius 1 is 1.12 bits per heavy atom. The van der Waals surface area contributed by atoms with Gasteiger partial charge in [-0.1, -0.05) is 12.8 Å². The second-order valence-corrected chi connectivity index (χ2v) is 5.53. The zero-order chi connectivity index (χ0) is 11.7. The number of morpholine rings is 1. The van der Waals surface area contributed by atoms with Gasteiger partial charge in [-0.25, -0.2) is 4.79 Å². The molecule has 3 rings (SSSR count). The van der Waals surface area contributed by atoms with Crippen LogP contribution in [0.1, 0.15) is 44.9 Å². The molecule has 96 valence electrons. The number of hydrogen-bond donors (Lipinski definition) is 1. The first-order chi connectivity index (χ1) is 8.34. The summed E-state index contributed by atoms with van der Waals surface area (Å²) in [5.74, 6) is 0. The number of carbonyl (C=O) groups is 1. The van der Waals surface area contributed by atoms with Gasteiger partial charge < -0.3 is 15.0 Å². The summed E-state index contributed by atoms with van der Waals surface area (Å²) in [6.45, 7) is 1.47. The Hall–Kier alpha value is -0.770. The number of ether oxygens (including phenoxy) is 1. The lowest BCUT2D eigenvalue weighted by Gasteiger charge is -2.44.